The standard InChI is InChI=1S/C11H10BrClN4O2/c12-10-4-3-9(6-11(10)17(18)19)16-7-8(14-15-16)2-1-5-13/h3-4,6-7H,1-2,5H2. The molecule has 0 unspecified atom stereocenters. The molecule has 19 heavy (non-hydrogen) atoms. The lowest BCUT2D eigenvalue weighted by Crippen LogP contribution is -1.97. The number of alkyl halides is 1. The van der Waals surface area contributed by atoms with Crippen LogP contribution in [-0.2, 0) is 6.42 Å². The molecule has 1 aromatic carbocycles. The van der Waals surface area contributed by atoms with Crippen molar-refractivity contribution in [1.29, 1.82) is 0 Å². The topological polar surface area (TPSA) is 73.8 Å². The van der Waals surface area contributed by atoms with E-state index in [1.54, 1.807) is 18.3 Å². The first kappa shape index (κ1) is 14.0. The molecule has 0 bridgehead atoms. The van der Waals surface area contributed by atoms with Crippen LogP contribution in [0.5, 0.6) is 0 Å². The molecule has 8 heteroatoms. The van der Waals surface area contributed by atoms with Gasteiger partial charge in [-0.25, -0.2) is 4.68 Å². The summed E-state index contributed by atoms with van der Waals surface area (Å²) in [5.74, 6) is 0.566. The van der Waals surface area contributed by atoms with E-state index in [4.69, 9.17) is 11.6 Å². The molecule has 0 saturated carbocycles. The summed E-state index contributed by atoms with van der Waals surface area (Å²) in [6.45, 7) is 0. The molecule has 0 amide bonds. The molecular formula is C11H10BrClN4O2. The Morgan fingerprint density at radius 3 is 2.95 bits per heavy atom. The van der Waals surface area contributed by atoms with Crippen LogP contribution in [0.15, 0.2) is 28.9 Å². The number of hydrogen-bond donors (Lipinski definition) is 0. The largest absolute Gasteiger partial charge is 0.285 e. The molecule has 0 atom stereocenters. The van der Waals surface area contributed by atoms with Crippen LogP contribution in [0.25, 0.3) is 5.69 Å². The summed E-state index contributed by atoms with van der Waals surface area (Å²) in [5.41, 5.74) is 1.40. The molecular weight excluding hydrogens is 336 g/mol. The molecule has 0 radical (unpaired) electrons. The molecule has 2 rings (SSSR count). The van der Waals surface area contributed by atoms with Crippen LogP contribution < -0.4 is 0 Å². The quantitative estimate of drug-likeness (QED) is 0.474. The molecule has 0 saturated heterocycles. The SMILES string of the molecule is O=[N+]([O-])c1cc(-n2cc(CCCCl)nn2)ccc1Br. The third kappa shape index (κ3) is 3.30. The Morgan fingerprint density at radius 1 is 1.47 bits per heavy atom. The second-order valence-corrected chi connectivity index (χ2v) is 5.07. The Balaban J connectivity index is 2.29. The van der Waals surface area contributed by atoms with Gasteiger partial charge in [-0.15, -0.1) is 16.7 Å². The number of hydrogen-bond acceptors (Lipinski definition) is 4. The number of aromatic nitrogens is 3. The van der Waals surface area contributed by atoms with E-state index < -0.39 is 4.92 Å². The Labute approximate surface area is 122 Å². The van der Waals surface area contributed by atoms with Crippen molar-refractivity contribution in [3.05, 3.63) is 44.7 Å². The monoisotopic (exact) mass is 344 g/mol. The molecule has 0 aliphatic carbocycles. The van der Waals surface area contributed by atoms with Gasteiger partial charge in [0, 0.05) is 11.9 Å². The number of nitro groups is 1. The maximum atomic E-state index is 10.9. The Bertz CT molecular complexity index is 602. The van der Waals surface area contributed by atoms with Gasteiger partial charge in [-0.3, -0.25) is 10.1 Å². The zero-order valence-corrected chi connectivity index (χ0v) is 12.1. The third-order valence-electron chi connectivity index (χ3n) is 2.50. The predicted molar refractivity (Wildman–Crippen MR) is 74.8 cm³/mol. The lowest BCUT2D eigenvalue weighted by Gasteiger charge is -2.01. The van der Waals surface area contributed by atoms with Crippen LogP contribution in [0.3, 0.4) is 0 Å². The van der Waals surface area contributed by atoms with E-state index in [2.05, 4.69) is 26.2 Å². The molecule has 0 aliphatic rings. The Morgan fingerprint density at radius 2 is 2.26 bits per heavy atom. The lowest BCUT2D eigenvalue weighted by molar-refractivity contribution is -0.385. The van der Waals surface area contributed by atoms with Gasteiger partial charge < -0.3 is 0 Å². The van der Waals surface area contributed by atoms with Crippen molar-refractivity contribution in [2.24, 2.45) is 0 Å². The van der Waals surface area contributed by atoms with Gasteiger partial charge in [0.15, 0.2) is 0 Å². The van der Waals surface area contributed by atoms with E-state index in [9.17, 15) is 10.1 Å². The number of benzene rings is 1. The highest BCUT2D eigenvalue weighted by Crippen LogP contribution is 2.26. The highest BCUT2D eigenvalue weighted by Gasteiger charge is 2.13. The molecule has 1 aromatic heterocycles. The summed E-state index contributed by atoms with van der Waals surface area (Å²) in [6.07, 6.45) is 3.31. The molecule has 100 valence electrons. The van der Waals surface area contributed by atoms with Crippen LogP contribution in [0.1, 0.15) is 12.1 Å². The predicted octanol–water partition coefficient (Wildman–Crippen LogP) is 3.11. The summed E-state index contributed by atoms with van der Waals surface area (Å²) in [7, 11) is 0. The number of nitro benzene ring substituents is 1. The fourth-order valence-electron chi connectivity index (χ4n) is 1.57. The van der Waals surface area contributed by atoms with E-state index in [0.717, 1.165) is 18.5 Å². The van der Waals surface area contributed by atoms with E-state index in [0.29, 0.717) is 16.0 Å². The highest BCUT2D eigenvalue weighted by molar-refractivity contribution is 9.10. The first-order valence-electron chi connectivity index (χ1n) is 5.53. The molecule has 0 spiro atoms. The maximum Gasteiger partial charge on any atom is 0.285 e. The number of halogens is 2. The number of nitrogens with zero attached hydrogens (tertiary/aromatic N) is 4. The summed E-state index contributed by atoms with van der Waals surface area (Å²) in [6, 6.07) is 4.80. The van der Waals surface area contributed by atoms with Crippen molar-refractivity contribution >= 4 is 33.2 Å². The average molecular weight is 346 g/mol. The molecule has 0 N–H and O–H groups in total. The maximum absolute atomic E-state index is 10.9. The molecule has 0 fully saturated rings. The Hall–Kier alpha value is -1.47. The minimum atomic E-state index is -0.446. The van der Waals surface area contributed by atoms with Gasteiger partial charge in [0.25, 0.3) is 5.69 Å². The van der Waals surface area contributed by atoms with Crippen LogP contribution in [0, 0.1) is 10.1 Å². The zero-order valence-electron chi connectivity index (χ0n) is 9.79. The van der Waals surface area contributed by atoms with Crippen molar-refractivity contribution in [3.63, 3.8) is 0 Å². The zero-order chi connectivity index (χ0) is 13.8. The van der Waals surface area contributed by atoms with Gasteiger partial charge in [0.1, 0.15) is 0 Å². The minimum Gasteiger partial charge on any atom is -0.258 e. The van der Waals surface area contributed by atoms with E-state index in [-0.39, 0.29) is 5.69 Å². The minimum absolute atomic E-state index is 0.00434. The van der Waals surface area contributed by atoms with Gasteiger partial charge in [-0.2, -0.15) is 0 Å². The highest BCUT2D eigenvalue weighted by atomic mass is 79.9. The van der Waals surface area contributed by atoms with Crippen molar-refractivity contribution < 1.29 is 4.92 Å². The third-order valence-corrected chi connectivity index (χ3v) is 3.44. The number of rotatable bonds is 5. The van der Waals surface area contributed by atoms with E-state index in [1.807, 2.05) is 0 Å². The Kier molecular flexibility index (Phi) is 4.49. The molecule has 2 aromatic rings. The summed E-state index contributed by atoms with van der Waals surface area (Å²) in [5, 5.41) is 18.8. The van der Waals surface area contributed by atoms with Gasteiger partial charge in [0.05, 0.1) is 27.0 Å². The first-order chi connectivity index (χ1) is 9.11. The van der Waals surface area contributed by atoms with Crippen molar-refractivity contribution in [1.82, 2.24) is 15.0 Å². The van der Waals surface area contributed by atoms with Gasteiger partial charge in [0.2, 0.25) is 0 Å². The van der Waals surface area contributed by atoms with Crippen LogP contribution in [-0.4, -0.2) is 25.8 Å². The summed E-state index contributed by atoms with van der Waals surface area (Å²) < 4.78 is 1.95. The smallest absolute Gasteiger partial charge is 0.258 e. The fraction of sp³-hybridized carbons (Fsp3) is 0.273. The second-order valence-electron chi connectivity index (χ2n) is 3.84. The van der Waals surface area contributed by atoms with Crippen LogP contribution >= 0.6 is 27.5 Å². The van der Waals surface area contributed by atoms with Crippen molar-refractivity contribution in [2.45, 2.75) is 12.8 Å². The molecule has 0 aliphatic heterocycles. The molecule has 1 heterocycles. The van der Waals surface area contributed by atoms with Crippen molar-refractivity contribution in [3.8, 4) is 5.69 Å². The van der Waals surface area contributed by atoms with Crippen LogP contribution in [0.2, 0.25) is 0 Å². The van der Waals surface area contributed by atoms with Gasteiger partial charge in [-0.1, -0.05) is 5.21 Å². The van der Waals surface area contributed by atoms with Gasteiger partial charge in [-0.05, 0) is 40.9 Å². The lowest BCUT2D eigenvalue weighted by atomic mass is 10.2. The second kappa shape index (κ2) is 6.12. The summed E-state index contributed by atoms with van der Waals surface area (Å²) in [4.78, 5) is 10.4. The van der Waals surface area contributed by atoms with Gasteiger partial charge >= 0.3 is 0 Å². The average Bonchev–Trinajstić information content (AvgIpc) is 2.85. The van der Waals surface area contributed by atoms with E-state index in [1.165, 1.54) is 10.7 Å². The fourth-order valence-corrected chi connectivity index (χ4v) is 2.10. The number of aryl methyl sites for hydroxylation is 1. The first-order valence-corrected chi connectivity index (χ1v) is 6.86. The summed E-state index contributed by atoms with van der Waals surface area (Å²) >= 11 is 8.75. The van der Waals surface area contributed by atoms with Crippen molar-refractivity contribution in [2.75, 3.05) is 5.88 Å². The van der Waals surface area contributed by atoms with E-state index >= 15 is 0 Å². The van der Waals surface area contributed by atoms with Crippen LogP contribution in [0.4, 0.5) is 5.69 Å². The molecule has 6 nitrogen and oxygen atoms in total. The normalized spacial score (nSPS) is 10.6.